The van der Waals surface area contributed by atoms with Gasteiger partial charge in [-0.2, -0.15) is 5.10 Å². The Hall–Kier alpha value is -3.21. The van der Waals surface area contributed by atoms with Crippen LogP contribution in [-0.2, 0) is 4.74 Å². The van der Waals surface area contributed by atoms with Crippen molar-refractivity contribution >= 4 is 28.4 Å². The van der Waals surface area contributed by atoms with Crippen molar-refractivity contribution in [2.75, 3.05) is 23.4 Å². The number of anilines is 2. The van der Waals surface area contributed by atoms with Gasteiger partial charge in [0.05, 0.1) is 36.0 Å². The van der Waals surface area contributed by atoms with Crippen LogP contribution in [0.25, 0.3) is 11.0 Å². The molecule has 11 heteroatoms. The van der Waals surface area contributed by atoms with E-state index in [1.54, 1.807) is 10.7 Å². The second-order valence-electron chi connectivity index (χ2n) is 9.83. The molecule has 5 heterocycles. The largest absolute Gasteiger partial charge is 0.374 e. The lowest BCUT2D eigenvalue weighted by atomic mass is 9.87. The number of ether oxygens (including phenoxy) is 1. The molecule has 0 aromatic carbocycles. The van der Waals surface area contributed by atoms with Crippen molar-refractivity contribution in [2.24, 2.45) is 5.92 Å². The summed E-state index contributed by atoms with van der Waals surface area (Å²) < 4.78 is 34.8. The third-order valence-electron chi connectivity index (χ3n) is 7.45. The van der Waals surface area contributed by atoms with E-state index >= 15 is 0 Å². The number of hydrogen-bond donors (Lipinski definition) is 1. The van der Waals surface area contributed by atoms with E-state index in [0.29, 0.717) is 23.6 Å². The summed E-state index contributed by atoms with van der Waals surface area (Å²) in [5.41, 5.74) is 0.448. The quantitative estimate of drug-likeness (QED) is 0.582. The SMILES string of the molecule is C[C@H]1CC[C@H](n2cc(NC(=O)c3ncnc4ccc(N5C[C@H]6C[C@@H]5CO6)nc34)c(C(F)F)n2)CC1. The van der Waals surface area contributed by atoms with Gasteiger partial charge in [0, 0.05) is 12.7 Å². The van der Waals surface area contributed by atoms with Crippen LogP contribution in [0.1, 0.15) is 67.7 Å². The van der Waals surface area contributed by atoms with Crippen molar-refractivity contribution in [1.82, 2.24) is 24.7 Å². The molecular weight excluding hydrogens is 456 g/mol. The number of carbonyl (C=O) groups is 1. The standard InChI is InChI=1S/C24H27F2N7O2/c1-13-2-4-14(5-3-13)33-10-18(21(31-33)23(25)26)29-24(34)22-20-17(27-12-28-22)6-7-19(30-20)32-9-16-8-15(32)11-35-16/h6-7,10,12-16,23H,2-5,8-9,11H2,1H3,(H,29,34)/t13-,14-,15-,16-/m1/s1. The number of aromatic nitrogens is 5. The van der Waals surface area contributed by atoms with Gasteiger partial charge in [0.2, 0.25) is 0 Å². The number of hydrogen-bond acceptors (Lipinski definition) is 7. The molecule has 1 aliphatic carbocycles. The van der Waals surface area contributed by atoms with Gasteiger partial charge in [-0.05, 0) is 50.2 Å². The lowest BCUT2D eigenvalue weighted by Gasteiger charge is -2.28. The maximum atomic E-state index is 13.8. The highest BCUT2D eigenvalue weighted by atomic mass is 19.3. The molecule has 6 rings (SSSR count). The maximum absolute atomic E-state index is 13.8. The highest BCUT2D eigenvalue weighted by molar-refractivity contribution is 6.10. The van der Waals surface area contributed by atoms with E-state index in [4.69, 9.17) is 9.72 Å². The van der Waals surface area contributed by atoms with Crippen LogP contribution in [0.3, 0.4) is 0 Å². The molecule has 0 radical (unpaired) electrons. The van der Waals surface area contributed by atoms with Crippen molar-refractivity contribution in [2.45, 2.75) is 63.6 Å². The number of alkyl halides is 2. The first-order valence-electron chi connectivity index (χ1n) is 12.1. The molecule has 3 fully saturated rings. The second kappa shape index (κ2) is 8.78. The summed E-state index contributed by atoms with van der Waals surface area (Å²) in [4.78, 5) is 28.5. The number of morpholine rings is 1. The van der Waals surface area contributed by atoms with Gasteiger partial charge in [-0.1, -0.05) is 6.92 Å². The first-order chi connectivity index (χ1) is 17.0. The molecule has 0 spiro atoms. The van der Waals surface area contributed by atoms with E-state index in [1.807, 2.05) is 6.07 Å². The van der Waals surface area contributed by atoms with Gasteiger partial charge in [-0.3, -0.25) is 9.48 Å². The van der Waals surface area contributed by atoms with E-state index in [1.165, 1.54) is 12.5 Å². The molecule has 1 amide bonds. The summed E-state index contributed by atoms with van der Waals surface area (Å²) in [6, 6.07) is 3.99. The minimum atomic E-state index is -2.81. The zero-order chi connectivity index (χ0) is 24.1. The van der Waals surface area contributed by atoms with Gasteiger partial charge < -0.3 is 15.0 Å². The number of fused-ring (bicyclic) bond motifs is 3. The average Bonchev–Trinajstić information content (AvgIpc) is 3.60. The van der Waals surface area contributed by atoms with Crippen LogP contribution in [0.5, 0.6) is 0 Å². The van der Waals surface area contributed by atoms with Crippen LogP contribution < -0.4 is 10.2 Å². The summed E-state index contributed by atoms with van der Waals surface area (Å²) in [7, 11) is 0. The molecule has 9 nitrogen and oxygen atoms in total. The highest BCUT2D eigenvalue weighted by Crippen LogP contribution is 2.35. The lowest BCUT2D eigenvalue weighted by molar-refractivity contribution is 0.0988. The van der Waals surface area contributed by atoms with E-state index in [9.17, 15) is 13.6 Å². The Morgan fingerprint density at radius 3 is 2.71 bits per heavy atom. The van der Waals surface area contributed by atoms with Crippen molar-refractivity contribution in [3.63, 3.8) is 0 Å². The zero-order valence-electron chi connectivity index (χ0n) is 19.4. The fraction of sp³-hybridized carbons (Fsp3) is 0.542. The smallest absolute Gasteiger partial charge is 0.284 e. The molecule has 2 saturated heterocycles. The normalized spacial score (nSPS) is 26.1. The maximum Gasteiger partial charge on any atom is 0.284 e. The molecular formula is C24H27F2N7O2. The summed E-state index contributed by atoms with van der Waals surface area (Å²) >= 11 is 0. The van der Waals surface area contributed by atoms with Crippen molar-refractivity contribution in [3.8, 4) is 0 Å². The fourth-order valence-corrected chi connectivity index (χ4v) is 5.47. The topological polar surface area (TPSA) is 98.1 Å². The Bertz CT molecular complexity index is 1260. The van der Waals surface area contributed by atoms with Crippen molar-refractivity contribution < 1.29 is 18.3 Å². The Balaban J connectivity index is 1.29. The lowest BCUT2D eigenvalue weighted by Crippen LogP contribution is -2.37. The minimum Gasteiger partial charge on any atom is -0.374 e. The Labute approximate surface area is 200 Å². The Kier molecular flexibility index (Phi) is 5.58. The predicted molar refractivity (Wildman–Crippen MR) is 125 cm³/mol. The third kappa shape index (κ3) is 4.11. The summed E-state index contributed by atoms with van der Waals surface area (Å²) in [5, 5.41) is 6.76. The molecule has 2 bridgehead atoms. The minimum absolute atomic E-state index is 0.000500. The number of pyridine rings is 1. The first kappa shape index (κ1) is 22.3. The molecule has 1 saturated carbocycles. The number of carbonyl (C=O) groups excluding carboxylic acids is 1. The predicted octanol–water partition coefficient (Wildman–Crippen LogP) is 4.14. The van der Waals surface area contributed by atoms with Gasteiger partial charge in [0.15, 0.2) is 11.4 Å². The zero-order valence-corrected chi connectivity index (χ0v) is 19.4. The monoisotopic (exact) mass is 483 g/mol. The third-order valence-corrected chi connectivity index (χ3v) is 7.45. The summed E-state index contributed by atoms with van der Waals surface area (Å²) in [6.45, 7) is 3.60. The number of amides is 1. The highest BCUT2D eigenvalue weighted by Gasteiger charge is 2.39. The molecule has 3 aromatic heterocycles. The Morgan fingerprint density at radius 2 is 2.00 bits per heavy atom. The van der Waals surface area contributed by atoms with Crippen LogP contribution in [0.2, 0.25) is 0 Å². The van der Waals surface area contributed by atoms with Gasteiger partial charge in [0.25, 0.3) is 12.3 Å². The van der Waals surface area contributed by atoms with E-state index in [0.717, 1.165) is 44.5 Å². The van der Waals surface area contributed by atoms with E-state index in [2.05, 4.69) is 32.2 Å². The summed E-state index contributed by atoms with van der Waals surface area (Å²) in [5.74, 6) is 0.735. The molecule has 1 N–H and O–H groups in total. The summed E-state index contributed by atoms with van der Waals surface area (Å²) in [6.07, 6.45) is 4.96. The van der Waals surface area contributed by atoms with Crippen LogP contribution in [0, 0.1) is 5.92 Å². The van der Waals surface area contributed by atoms with Gasteiger partial charge in [0.1, 0.15) is 17.7 Å². The molecule has 3 aromatic rings. The molecule has 35 heavy (non-hydrogen) atoms. The van der Waals surface area contributed by atoms with Gasteiger partial charge >= 0.3 is 0 Å². The number of nitrogens with zero attached hydrogens (tertiary/aromatic N) is 6. The number of nitrogens with one attached hydrogen (secondary N) is 1. The van der Waals surface area contributed by atoms with Crippen molar-refractivity contribution in [1.29, 1.82) is 0 Å². The second-order valence-corrected chi connectivity index (χ2v) is 9.83. The number of rotatable bonds is 5. The molecule has 3 aliphatic rings. The molecule has 2 aliphatic heterocycles. The van der Waals surface area contributed by atoms with E-state index < -0.39 is 18.0 Å². The van der Waals surface area contributed by atoms with Gasteiger partial charge in [-0.25, -0.2) is 23.7 Å². The van der Waals surface area contributed by atoms with Crippen LogP contribution in [-0.4, -0.2) is 55.9 Å². The van der Waals surface area contributed by atoms with Crippen LogP contribution >= 0.6 is 0 Å². The Morgan fingerprint density at radius 1 is 1.17 bits per heavy atom. The molecule has 2 atom stereocenters. The van der Waals surface area contributed by atoms with Crippen LogP contribution in [0.15, 0.2) is 24.7 Å². The van der Waals surface area contributed by atoms with Crippen LogP contribution in [0.4, 0.5) is 20.3 Å². The van der Waals surface area contributed by atoms with Gasteiger partial charge in [-0.15, -0.1) is 0 Å². The van der Waals surface area contributed by atoms with Crippen molar-refractivity contribution in [3.05, 3.63) is 36.0 Å². The molecule has 184 valence electrons. The molecule has 0 unspecified atom stereocenters. The van der Waals surface area contributed by atoms with E-state index in [-0.39, 0.29) is 29.6 Å². The fourth-order valence-electron chi connectivity index (χ4n) is 5.47. The first-order valence-corrected chi connectivity index (χ1v) is 12.1. The number of halogens is 2. The average molecular weight is 484 g/mol.